The molecule has 0 saturated heterocycles. The van der Waals surface area contributed by atoms with Crippen LogP contribution in [-0.2, 0) is 6.54 Å². The lowest BCUT2D eigenvalue weighted by Gasteiger charge is -2.13. The number of aromatic nitrogens is 2. The van der Waals surface area contributed by atoms with E-state index in [4.69, 9.17) is 23.8 Å². The van der Waals surface area contributed by atoms with E-state index in [1.807, 2.05) is 43.7 Å². The Bertz CT molecular complexity index is 679. The molecule has 1 aromatic heterocycles. The van der Waals surface area contributed by atoms with Gasteiger partial charge in [-0.15, -0.1) is 0 Å². The second kappa shape index (κ2) is 6.45. The minimum atomic E-state index is 0.530. The van der Waals surface area contributed by atoms with Crippen molar-refractivity contribution in [3.05, 3.63) is 40.2 Å². The number of nitrogens with one attached hydrogen (secondary N) is 2. The van der Waals surface area contributed by atoms with Crippen molar-refractivity contribution in [1.29, 1.82) is 0 Å². The maximum atomic E-state index is 6.02. The van der Waals surface area contributed by atoms with Gasteiger partial charge in [-0.05, 0) is 57.6 Å². The summed E-state index contributed by atoms with van der Waals surface area (Å²) in [5.41, 5.74) is 4.94. The van der Waals surface area contributed by atoms with Gasteiger partial charge in [-0.3, -0.25) is 4.68 Å². The molecule has 0 saturated carbocycles. The first kappa shape index (κ1) is 15.8. The fourth-order valence-electron chi connectivity index (χ4n) is 2.18. The lowest BCUT2D eigenvalue weighted by Crippen LogP contribution is -2.20. The Morgan fingerprint density at radius 1 is 1.29 bits per heavy atom. The largest absolute Gasteiger partial charge is 0.332 e. The van der Waals surface area contributed by atoms with Crippen LogP contribution in [-0.4, -0.2) is 14.9 Å². The third-order valence-electron chi connectivity index (χ3n) is 3.37. The molecule has 0 atom stereocenters. The molecule has 4 nitrogen and oxygen atoms in total. The van der Waals surface area contributed by atoms with Crippen LogP contribution < -0.4 is 10.6 Å². The van der Waals surface area contributed by atoms with Crippen LogP contribution in [0, 0.1) is 20.8 Å². The van der Waals surface area contributed by atoms with Gasteiger partial charge in [0, 0.05) is 17.3 Å². The molecule has 0 fully saturated rings. The average Bonchev–Trinajstić information content (AvgIpc) is 2.70. The van der Waals surface area contributed by atoms with Crippen molar-refractivity contribution in [2.24, 2.45) is 0 Å². The molecule has 2 N–H and O–H groups in total. The highest BCUT2D eigenvalue weighted by Crippen LogP contribution is 2.22. The SMILES string of the molecule is CCn1nc(C)c(NC(=S)Nc2cc(Cl)ccc2C)c1C. The number of benzene rings is 1. The smallest absolute Gasteiger partial charge is 0.175 e. The standard InChI is InChI=1S/C15H19ClN4S/c1-5-20-11(4)14(10(3)19-20)18-15(21)17-13-8-12(16)7-6-9(13)2/h6-8H,5H2,1-4H3,(H2,17,18,21). The molecule has 0 aliphatic rings. The van der Waals surface area contributed by atoms with E-state index >= 15 is 0 Å². The first-order valence-electron chi connectivity index (χ1n) is 6.80. The van der Waals surface area contributed by atoms with E-state index in [1.54, 1.807) is 0 Å². The molecule has 2 rings (SSSR count). The normalized spacial score (nSPS) is 10.5. The van der Waals surface area contributed by atoms with Crippen molar-refractivity contribution in [2.45, 2.75) is 34.2 Å². The van der Waals surface area contributed by atoms with Gasteiger partial charge in [0.05, 0.1) is 17.1 Å². The zero-order valence-corrected chi connectivity index (χ0v) is 14.2. The lowest BCUT2D eigenvalue weighted by molar-refractivity contribution is 0.634. The van der Waals surface area contributed by atoms with Crippen LogP contribution in [0.5, 0.6) is 0 Å². The summed E-state index contributed by atoms with van der Waals surface area (Å²) in [6.07, 6.45) is 0. The maximum absolute atomic E-state index is 6.02. The number of aryl methyl sites for hydroxylation is 3. The summed E-state index contributed by atoms with van der Waals surface area (Å²) in [5.74, 6) is 0. The Hall–Kier alpha value is -1.59. The van der Waals surface area contributed by atoms with Gasteiger partial charge < -0.3 is 10.6 Å². The second-order valence-corrected chi connectivity index (χ2v) is 5.74. The summed E-state index contributed by atoms with van der Waals surface area (Å²) in [6, 6.07) is 5.68. The Balaban J connectivity index is 2.15. The predicted molar refractivity (Wildman–Crippen MR) is 93.4 cm³/mol. The molecule has 0 bridgehead atoms. The van der Waals surface area contributed by atoms with Crippen LogP contribution >= 0.6 is 23.8 Å². The molecule has 112 valence electrons. The Morgan fingerprint density at radius 2 is 2.00 bits per heavy atom. The van der Waals surface area contributed by atoms with Crippen LogP contribution in [0.25, 0.3) is 0 Å². The summed E-state index contributed by atoms with van der Waals surface area (Å²) in [5, 5.41) is 12.1. The number of nitrogens with zero attached hydrogens (tertiary/aromatic N) is 2. The monoisotopic (exact) mass is 322 g/mol. The first-order valence-corrected chi connectivity index (χ1v) is 7.59. The number of thiocarbonyl (C=S) groups is 1. The zero-order chi connectivity index (χ0) is 15.6. The van der Waals surface area contributed by atoms with Crippen LogP contribution in [0.3, 0.4) is 0 Å². The number of hydrogen-bond acceptors (Lipinski definition) is 2. The van der Waals surface area contributed by atoms with E-state index in [1.165, 1.54) is 0 Å². The van der Waals surface area contributed by atoms with Crippen LogP contribution in [0.4, 0.5) is 11.4 Å². The fourth-order valence-corrected chi connectivity index (χ4v) is 2.57. The minimum absolute atomic E-state index is 0.530. The lowest BCUT2D eigenvalue weighted by atomic mass is 10.2. The van der Waals surface area contributed by atoms with Gasteiger partial charge in [0.2, 0.25) is 0 Å². The molecule has 0 amide bonds. The molecule has 0 spiro atoms. The number of hydrogen-bond donors (Lipinski definition) is 2. The average molecular weight is 323 g/mol. The molecule has 2 aromatic rings. The molecule has 21 heavy (non-hydrogen) atoms. The summed E-state index contributed by atoms with van der Waals surface area (Å²) < 4.78 is 1.95. The van der Waals surface area contributed by atoms with E-state index in [0.717, 1.165) is 34.9 Å². The van der Waals surface area contributed by atoms with Gasteiger partial charge in [0.15, 0.2) is 5.11 Å². The topological polar surface area (TPSA) is 41.9 Å². The van der Waals surface area contributed by atoms with Crippen LogP contribution in [0.15, 0.2) is 18.2 Å². The molecule has 0 unspecified atom stereocenters. The van der Waals surface area contributed by atoms with Crippen molar-refractivity contribution >= 4 is 40.3 Å². The van der Waals surface area contributed by atoms with Gasteiger partial charge in [0.1, 0.15) is 0 Å². The van der Waals surface area contributed by atoms with Crippen LogP contribution in [0.2, 0.25) is 5.02 Å². The van der Waals surface area contributed by atoms with Gasteiger partial charge in [-0.1, -0.05) is 17.7 Å². The van der Waals surface area contributed by atoms with Crippen molar-refractivity contribution in [3.63, 3.8) is 0 Å². The highest BCUT2D eigenvalue weighted by Gasteiger charge is 2.12. The zero-order valence-electron chi connectivity index (χ0n) is 12.6. The second-order valence-electron chi connectivity index (χ2n) is 4.90. The molecular formula is C15H19ClN4S. The molecular weight excluding hydrogens is 304 g/mol. The molecule has 6 heteroatoms. The molecule has 1 aromatic carbocycles. The van der Waals surface area contributed by atoms with Crippen molar-refractivity contribution in [1.82, 2.24) is 9.78 Å². The predicted octanol–water partition coefficient (Wildman–Crippen LogP) is 4.29. The summed E-state index contributed by atoms with van der Waals surface area (Å²) in [4.78, 5) is 0. The van der Waals surface area contributed by atoms with Crippen molar-refractivity contribution in [2.75, 3.05) is 10.6 Å². The minimum Gasteiger partial charge on any atom is -0.332 e. The molecule has 0 radical (unpaired) electrons. The summed E-state index contributed by atoms with van der Waals surface area (Å²) in [7, 11) is 0. The third kappa shape index (κ3) is 3.54. The van der Waals surface area contributed by atoms with Crippen molar-refractivity contribution < 1.29 is 0 Å². The third-order valence-corrected chi connectivity index (χ3v) is 3.81. The van der Waals surface area contributed by atoms with E-state index in [9.17, 15) is 0 Å². The molecule has 0 aliphatic carbocycles. The van der Waals surface area contributed by atoms with Gasteiger partial charge in [-0.25, -0.2) is 0 Å². The number of rotatable bonds is 3. The molecule has 0 aliphatic heterocycles. The highest BCUT2D eigenvalue weighted by atomic mass is 35.5. The Kier molecular flexibility index (Phi) is 4.85. The Labute approximate surface area is 135 Å². The van der Waals surface area contributed by atoms with Gasteiger partial charge >= 0.3 is 0 Å². The first-order chi connectivity index (χ1) is 9.92. The fraction of sp³-hybridized carbons (Fsp3) is 0.333. The van der Waals surface area contributed by atoms with E-state index in [2.05, 4.69) is 22.7 Å². The quantitative estimate of drug-likeness (QED) is 0.827. The van der Waals surface area contributed by atoms with Gasteiger partial charge in [-0.2, -0.15) is 5.10 Å². The maximum Gasteiger partial charge on any atom is 0.175 e. The van der Waals surface area contributed by atoms with Crippen molar-refractivity contribution in [3.8, 4) is 0 Å². The Morgan fingerprint density at radius 3 is 2.62 bits per heavy atom. The van der Waals surface area contributed by atoms with E-state index in [0.29, 0.717) is 10.1 Å². The van der Waals surface area contributed by atoms with Gasteiger partial charge in [0.25, 0.3) is 0 Å². The number of anilines is 2. The summed E-state index contributed by atoms with van der Waals surface area (Å²) >= 11 is 11.4. The van der Waals surface area contributed by atoms with E-state index in [-0.39, 0.29) is 0 Å². The van der Waals surface area contributed by atoms with E-state index < -0.39 is 0 Å². The summed E-state index contributed by atoms with van der Waals surface area (Å²) in [6.45, 7) is 8.90. The highest BCUT2D eigenvalue weighted by molar-refractivity contribution is 7.80. The number of halogens is 1. The van der Waals surface area contributed by atoms with Crippen LogP contribution in [0.1, 0.15) is 23.9 Å². The molecule has 1 heterocycles.